The molecular formula is C13H14N2O4. The maximum Gasteiger partial charge on any atom is 0.302 e. The van der Waals surface area contributed by atoms with E-state index in [1.54, 1.807) is 24.3 Å². The average Bonchev–Trinajstić information content (AvgIpc) is 2.37. The molecule has 2 amide bonds. The van der Waals surface area contributed by atoms with Crippen LogP contribution in [0.25, 0.3) is 0 Å². The van der Waals surface area contributed by atoms with E-state index in [4.69, 9.17) is 4.74 Å². The molecule has 2 rings (SSSR count). The lowest BCUT2D eigenvalue weighted by Gasteiger charge is -2.29. The Labute approximate surface area is 110 Å². The lowest BCUT2D eigenvalue weighted by molar-refractivity contribution is -0.141. The summed E-state index contributed by atoms with van der Waals surface area (Å²) in [6, 6.07) is 7.08. The Balaban J connectivity index is 2.09. The van der Waals surface area contributed by atoms with E-state index in [9.17, 15) is 14.4 Å². The largest absolute Gasteiger partial charge is 0.465 e. The number of esters is 1. The second-order valence-electron chi connectivity index (χ2n) is 4.14. The minimum atomic E-state index is -0.426. The van der Waals surface area contributed by atoms with Gasteiger partial charge >= 0.3 is 5.97 Å². The lowest BCUT2D eigenvalue weighted by Crippen LogP contribution is -2.42. The molecule has 0 aromatic heterocycles. The number of nitrogens with zero attached hydrogens (tertiary/aromatic N) is 1. The molecule has 0 saturated carbocycles. The number of para-hydroxylation sites is 2. The molecule has 0 unspecified atom stereocenters. The molecule has 1 aliphatic rings. The van der Waals surface area contributed by atoms with E-state index in [0.29, 0.717) is 11.4 Å². The molecule has 6 nitrogen and oxygen atoms in total. The Morgan fingerprint density at radius 3 is 2.84 bits per heavy atom. The average molecular weight is 262 g/mol. The molecule has 0 radical (unpaired) electrons. The highest BCUT2D eigenvalue weighted by Crippen LogP contribution is 2.29. The van der Waals surface area contributed by atoms with Gasteiger partial charge in [0.2, 0.25) is 11.8 Å². The number of carbonyl (C=O) groups is 3. The van der Waals surface area contributed by atoms with Gasteiger partial charge in [0.25, 0.3) is 0 Å². The van der Waals surface area contributed by atoms with Gasteiger partial charge in [0.05, 0.1) is 17.8 Å². The Morgan fingerprint density at radius 2 is 2.11 bits per heavy atom. The summed E-state index contributed by atoms with van der Waals surface area (Å²) in [7, 11) is 0. The molecule has 1 aromatic carbocycles. The maximum atomic E-state index is 12.0. The van der Waals surface area contributed by atoms with Crippen LogP contribution in [0, 0.1) is 0 Å². The van der Waals surface area contributed by atoms with E-state index >= 15 is 0 Å². The van der Waals surface area contributed by atoms with Crippen LogP contribution >= 0.6 is 0 Å². The molecule has 0 saturated heterocycles. The highest BCUT2D eigenvalue weighted by molar-refractivity contribution is 6.09. The van der Waals surface area contributed by atoms with Crippen LogP contribution < -0.4 is 10.2 Å². The van der Waals surface area contributed by atoms with Crippen LogP contribution in [0.2, 0.25) is 0 Å². The summed E-state index contributed by atoms with van der Waals surface area (Å²) >= 11 is 0. The van der Waals surface area contributed by atoms with Crippen LogP contribution in [-0.2, 0) is 19.1 Å². The molecule has 1 heterocycles. The van der Waals surface area contributed by atoms with Crippen molar-refractivity contribution >= 4 is 29.2 Å². The number of ether oxygens (including phenoxy) is 1. The number of benzene rings is 1. The Kier molecular flexibility index (Phi) is 3.79. The Bertz CT molecular complexity index is 527. The first-order chi connectivity index (χ1) is 9.08. The summed E-state index contributed by atoms with van der Waals surface area (Å²) in [4.78, 5) is 35.6. The van der Waals surface area contributed by atoms with Crippen LogP contribution in [0.5, 0.6) is 0 Å². The molecule has 1 N–H and O–H groups in total. The van der Waals surface area contributed by atoms with Crippen molar-refractivity contribution in [3.05, 3.63) is 24.3 Å². The zero-order valence-corrected chi connectivity index (χ0v) is 10.5. The number of fused-ring (bicyclic) bond motifs is 1. The molecule has 0 spiro atoms. The molecule has 1 aromatic rings. The van der Waals surface area contributed by atoms with Gasteiger partial charge in [0, 0.05) is 6.92 Å². The Hall–Kier alpha value is -2.37. The summed E-state index contributed by atoms with van der Waals surface area (Å²) in [5, 5.41) is 2.70. The van der Waals surface area contributed by atoms with Crippen molar-refractivity contribution in [1.29, 1.82) is 0 Å². The minimum Gasteiger partial charge on any atom is -0.465 e. The van der Waals surface area contributed by atoms with Gasteiger partial charge in [0.1, 0.15) is 13.2 Å². The number of amides is 2. The zero-order valence-electron chi connectivity index (χ0n) is 10.5. The highest BCUT2D eigenvalue weighted by atomic mass is 16.5. The number of rotatable bonds is 3. The first-order valence-electron chi connectivity index (χ1n) is 5.90. The molecule has 100 valence electrons. The van der Waals surface area contributed by atoms with Crippen molar-refractivity contribution < 1.29 is 19.1 Å². The molecule has 0 aliphatic carbocycles. The summed E-state index contributed by atoms with van der Waals surface area (Å²) in [6.07, 6.45) is 0.0567. The quantitative estimate of drug-likeness (QED) is 0.822. The molecule has 0 atom stereocenters. The van der Waals surface area contributed by atoms with Gasteiger partial charge in [-0.3, -0.25) is 14.4 Å². The van der Waals surface area contributed by atoms with Gasteiger partial charge in [-0.25, -0.2) is 0 Å². The van der Waals surface area contributed by atoms with E-state index in [1.807, 2.05) is 0 Å². The number of nitrogens with one attached hydrogen (secondary N) is 1. The number of hydrogen-bond donors (Lipinski definition) is 1. The predicted octanol–water partition coefficient (Wildman–Crippen LogP) is 0.925. The second-order valence-corrected chi connectivity index (χ2v) is 4.14. The van der Waals surface area contributed by atoms with Gasteiger partial charge < -0.3 is 15.0 Å². The minimum absolute atomic E-state index is 0.0179. The summed E-state index contributed by atoms with van der Waals surface area (Å²) < 4.78 is 4.73. The van der Waals surface area contributed by atoms with Crippen LogP contribution in [0.1, 0.15) is 13.3 Å². The van der Waals surface area contributed by atoms with E-state index in [-0.39, 0.29) is 31.4 Å². The first-order valence-corrected chi connectivity index (χ1v) is 5.90. The number of carbonyl (C=O) groups excluding carboxylic acids is 3. The van der Waals surface area contributed by atoms with Crippen LogP contribution in [0.3, 0.4) is 0 Å². The van der Waals surface area contributed by atoms with Crippen molar-refractivity contribution in [2.45, 2.75) is 13.3 Å². The van der Waals surface area contributed by atoms with Crippen LogP contribution in [-0.4, -0.2) is 30.9 Å². The van der Waals surface area contributed by atoms with E-state index in [2.05, 4.69) is 5.32 Å². The van der Waals surface area contributed by atoms with Gasteiger partial charge in [-0.1, -0.05) is 12.1 Å². The van der Waals surface area contributed by atoms with E-state index in [1.165, 1.54) is 11.8 Å². The van der Waals surface area contributed by atoms with E-state index in [0.717, 1.165) is 0 Å². The molecule has 1 aliphatic heterocycles. The lowest BCUT2D eigenvalue weighted by atomic mass is 10.2. The van der Waals surface area contributed by atoms with Crippen molar-refractivity contribution in [3.63, 3.8) is 0 Å². The summed E-state index contributed by atoms with van der Waals surface area (Å²) in [6.45, 7) is 1.29. The SMILES string of the molecule is CC(=O)OCCC(=O)N1CC(=O)Nc2ccccc21. The van der Waals surface area contributed by atoms with Crippen molar-refractivity contribution in [1.82, 2.24) is 0 Å². The second kappa shape index (κ2) is 5.51. The van der Waals surface area contributed by atoms with E-state index < -0.39 is 5.97 Å². The topological polar surface area (TPSA) is 75.7 Å². The maximum absolute atomic E-state index is 12.0. The monoisotopic (exact) mass is 262 g/mol. The number of anilines is 2. The van der Waals surface area contributed by atoms with Gasteiger partial charge in [-0.05, 0) is 12.1 Å². The fourth-order valence-electron chi connectivity index (χ4n) is 1.87. The summed E-state index contributed by atoms with van der Waals surface area (Å²) in [5.41, 5.74) is 1.27. The molecular weight excluding hydrogens is 248 g/mol. The number of hydrogen-bond acceptors (Lipinski definition) is 4. The van der Waals surface area contributed by atoms with Crippen molar-refractivity contribution in [3.8, 4) is 0 Å². The van der Waals surface area contributed by atoms with Crippen LogP contribution in [0.4, 0.5) is 11.4 Å². The fourth-order valence-corrected chi connectivity index (χ4v) is 1.87. The van der Waals surface area contributed by atoms with Crippen LogP contribution in [0.15, 0.2) is 24.3 Å². The zero-order chi connectivity index (χ0) is 13.8. The first kappa shape index (κ1) is 13.1. The summed E-state index contributed by atoms with van der Waals surface area (Å²) in [5.74, 6) is -0.910. The predicted molar refractivity (Wildman–Crippen MR) is 68.7 cm³/mol. The standard InChI is InChI=1S/C13H14N2O4/c1-9(16)19-7-6-13(18)15-8-12(17)14-10-4-2-3-5-11(10)15/h2-5H,6-8H2,1H3,(H,14,17). The molecule has 6 heteroatoms. The van der Waals surface area contributed by atoms with Crippen molar-refractivity contribution in [2.24, 2.45) is 0 Å². The Morgan fingerprint density at radius 1 is 1.37 bits per heavy atom. The third-order valence-corrected chi connectivity index (χ3v) is 2.69. The normalized spacial score (nSPS) is 13.5. The smallest absolute Gasteiger partial charge is 0.302 e. The molecule has 0 fully saturated rings. The highest BCUT2D eigenvalue weighted by Gasteiger charge is 2.26. The van der Waals surface area contributed by atoms with Gasteiger partial charge in [0.15, 0.2) is 0 Å². The van der Waals surface area contributed by atoms with Gasteiger partial charge in [-0.15, -0.1) is 0 Å². The third kappa shape index (κ3) is 3.09. The fraction of sp³-hybridized carbons (Fsp3) is 0.308. The third-order valence-electron chi connectivity index (χ3n) is 2.69. The van der Waals surface area contributed by atoms with Gasteiger partial charge in [-0.2, -0.15) is 0 Å². The molecule has 19 heavy (non-hydrogen) atoms. The molecule has 0 bridgehead atoms. The van der Waals surface area contributed by atoms with Crippen molar-refractivity contribution in [2.75, 3.05) is 23.4 Å².